The summed E-state index contributed by atoms with van der Waals surface area (Å²) in [5.74, 6) is 0.933. The van der Waals surface area contributed by atoms with Crippen molar-refractivity contribution < 1.29 is 4.39 Å². The molecule has 0 radical (unpaired) electrons. The molecule has 1 aromatic rings. The van der Waals surface area contributed by atoms with Crippen LogP contribution in [0.25, 0.3) is 0 Å². The summed E-state index contributed by atoms with van der Waals surface area (Å²) in [5.41, 5.74) is 7.86. The third kappa shape index (κ3) is 7.67. The molecule has 0 heterocycles. The molecule has 3 nitrogen and oxygen atoms in total. The van der Waals surface area contributed by atoms with Crippen LogP contribution in [-0.2, 0) is 6.42 Å². The van der Waals surface area contributed by atoms with E-state index >= 15 is 0 Å². The van der Waals surface area contributed by atoms with Gasteiger partial charge in [-0.05, 0) is 48.9 Å². The van der Waals surface area contributed by atoms with E-state index in [2.05, 4.69) is 24.2 Å². The molecule has 114 valence electrons. The van der Waals surface area contributed by atoms with Crippen molar-refractivity contribution in [2.24, 2.45) is 16.6 Å². The summed E-state index contributed by atoms with van der Waals surface area (Å²) in [6.45, 7) is 7.71. The summed E-state index contributed by atoms with van der Waals surface area (Å²) < 4.78 is 12.9. The molecule has 0 unspecified atom stereocenters. The fraction of sp³-hybridized carbons (Fsp3) is 0.533. The van der Waals surface area contributed by atoms with Gasteiger partial charge in [0.1, 0.15) is 5.82 Å². The quantitative estimate of drug-likeness (QED) is 0.443. The molecular formula is C15H25FIN3. The lowest BCUT2D eigenvalue weighted by Crippen LogP contribution is -2.33. The Labute approximate surface area is 138 Å². The van der Waals surface area contributed by atoms with E-state index in [-0.39, 0.29) is 29.8 Å². The van der Waals surface area contributed by atoms with Gasteiger partial charge < -0.3 is 11.1 Å². The summed E-state index contributed by atoms with van der Waals surface area (Å²) in [7, 11) is 0. The van der Waals surface area contributed by atoms with Gasteiger partial charge in [-0.2, -0.15) is 0 Å². The zero-order valence-corrected chi connectivity index (χ0v) is 14.8. The Bertz CT molecular complexity index is 433. The topological polar surface area (TPSA) is 50.4 Å². The van der Waals surface area contributed by atoms with Crippen LogP contribution >= 0.6 is 24.0 Å². The number of nitrogens with zero attached hydrogens (tertiary/aromatic N) is 1. The number of hydrogen-bond acceptors (Lipinski definition) is 1. The summed E-state index contributed by atoms with van der Waals surface area (Å²) in [6.07, 6.45) is 1.85. The predicted molar refractivity (Wildman–Crippen MR) is 94.2 cm³/mol. The highest BCUT2D eigenvalue weighted by Gasteiger charge is 2.00. The van der Waals surface area contributed by atoms with Crippen molar-refractivity contribution in [1.29, 1.82) is 0 Å². The minimum absolute atomic E-state index is 0. The first-order valence-corrected chi connectivity index (χ1v) is 6.78. The highest BCUT2D eigenvalue weighted by Crippen LogP contribution is 2.10. The number of nitrogens with one attached hydrogen (secondary N) is 1. The van der Waals surface area contributed by atoms with Gasteiger partial charge in [-0.3, -0.25) is 4.99 Å². The van der Waals surface area contributed by atoms with Crippen molar-refractivity contribution >= 4 is 29.9 Å². The van der Waals surface area contributed by atoms with Crippen molar-refractivity contribution in [3.8, 4) is 0 Å². The van der Waals surface area contributed by atoms with Gasteiger partial charge in [-0.15, -0.1) is 24.0 Å². The number of benzene rings is 1. The van der Waals surface area contributed by atoms with E-state index in [0.717, 1.165) is 30.5 Å². The van der Waals surface area contributed by atoms with E-state index < -0.39 is 0 Å². The predicted octanol–water partition coefficient (Wildman–Crippen LogP) is 3.25. The zero-order valence-electron chi connectivity index (χ0n) is 12.4. The number of guanidine groups is 1. The Hall–Kier alpha value is -0.850. The maximum atomic E-state index is 12.9. The average Bonchev–Trinajstić information content (AvgIpc) is 2.31. The summed E-state index contributed by atoms with van der Waals surface area (Å²) in [5, 5.41) is 3.08. The number of halogens is 2. The minimum Gasteiger partial charge on any atom is -0.370 e. The Kier molecular flexibility index (Phi) is 9.54. The van der Waals surface area contributed by atoms with Crippen LogP contribution in [0, 0.1) is 18.7 Å². The first kappa shape index (κ1) is 19.1. The molecule has 0 amide bonds. The van der Waals surface area contributed by atoms with Crippen LogP contribution in [0.2, 0.25) is 0 Å². The molecule has 0 bridgehead atoms. The smallest absolute Gasteiger partial charge is 0.188 e. The molecule has 0 aliphatic heterocycles. The Morgan fingerprint density at radius 2 is 2.10 bits per heavy atom. The van der Waals surface area contributed by atoms with Gasteiger partial charge in [0.25, 0.3) is 0 Å². The molecular weight excluding hydrogens is 368 g/mol. The van der Waals surface area contributed by atoms with Crippen LogP contribution in [0.3, 0.4) is 0 Å². The second-order valence-corrected chi connectivity index (χ2v) is 5.20. The molecule has 5 heteroatoms. The summed E-state index contributed by atoms with van der Waals surface area (Å²) in [4.78, 5) is 4.26. The van der Waals surface area contributed by atoms with Crippen molar-refractivity contribution in [2.75, 3.05) is 13.1 Å². The third-order valence-electron chi connectivity index (χ3n) is 2.99. The van der Waals surface area contributed by atoms with Crippen LogP contribution in [0.5, 0.6) is 0 Å². The number of aliphatic imine (C=N–C) groups is 1. The summed E-state index contributed by atoms with van der Waals surface area (Å²) in [6, 6.07) is 4.86. The first-order valence-electron chi connectivity index (χ1n) is 6.78. The number of aryl methyl sites for hydroxylation is 1. The lowest BCUT2D eigenvalue weighted by atomic mass is 10.1. The van der Waals surface area contributed by atoms with E-state index in [1.165, 1.54) is 6.07 Å². The fourth-order valence-corrected chi connectivity index (χ4v) is 1.76. The SMILES string of the molecule is Cc1cc(F)ccc1CCNC(N)=NCCC(C)C.I. The maximum Gasteiger partial charge on any atom is 0.188 e. The van der Waals surface area contributed by atoms with Crippen LogP contribution in [0.4, 0.5) is 4.39 Å². The monoisotopic (exact) mass is 393 g/mol. The van der Waals surface area contributed by atoms with E-state index in [1.54, 1.807) is 6.07 Å². The van der Waals surface area contributed by atoms with E-state index in [4.69, 9.17) is 5.73 Å². The minimum atomic E-state index is -0.191. The lowest BCUT2D eigenvalue weighted by Gasteiger charge is -2.08. The second-order valence-electron chi connectivity index (χ2n) is 5.20. The number of rotatable bonds is 6. The largest absolute Gasteiger partial charge is 0.370 e. The van der Waals surface area contributed by atoms with Gasteiger partial charge in [0.05, 0.1) is 0 Å². The van der Waals surface area contributed by atoms with Gasteiger partial charge in [0, 0.05) is 13.1 Å². The first-order chi connectivity index (χ1) is 8.99. The van der Waals surface area contributed by atoms with Gasteiger partial charge >= 0.3 is 0 Å². The number of hydrogen-bond donors (Lipinski definition) is 2. The van der Waals surface area contributed by atoms with E-state index in [1.807, 2.05) is 13.0 Å². The molecule has 0 spiro atoms. The maximum absolute atomic E-state index is 12.9. The fourth-order valence-electron chi connectivity index (χ4n) is 1.76. The molecule has 0 aliphatic carbocycles. The van der Waals surface area contributed by atoms with Crippen LogP contribution in [0.1, 0.15) is 31.4 Å². The van der Waals surface area contributed by atoms with Crippen LogP contribution < -0.4 is 11.1 Å². The molecule has 0 fully saturated rings. The molecule has 0 atom stereocenters. The lowest BCUT2D eigenvalue weighted by molar-refractivity contribution is 0.595. The van der Waals surface area contributed by atoms with E-state index in [0.29, 0.717) is 18.4 Å². The number of nitrogens with two attached hydrogens (primary N) is 1. The van der Waals surface area contributed by atoms with Gasteiger partial charge in [0.15, 0.2) is 5.96 Å². The standard InChI is InChI=1S/C15H24FN3.HI/c1-11(2)6-8-18-15(17)19-9-7-13-4-5-14(16)10-12(13)3;/h4-5,10-11H,6-9H2,1-3H3,(H3,17,18,19);1H. The van der Waals surface area contributed by atoms with Crippen LogP contribution in [0.15, 0.2) is 23.2 Å². The third-order valence-corrected chi connectivity index (χ3v) is 2.99. The molecule has 0 aliphatic rings. The molecule has 1 rings (SSSR count). The molecule has 20 heavy (non-hydrogen) atoms. The normalized spacial score (nSPS) is 11.3. The Morgan fingerprint density at radius 3 is 2.70 bits per heavy atom. The van der Waals surface area contributed by atoms with Crippen LogP contribution in [-0.4, -0.2) is 19.0 Å². The molecule has 0 saturated carbocycles. The van der Waals surface area contributed by atoms with Gasteiger partial charge in [-0.25, -0.2) is 4.39 Å². The molecule has 3 N–H and O–H groups in total. The van der Waals surface area contributed by atoms with E-state index in [9.17, 15) is 4.39 Å². The summed E-state index contributed by atoms with van der Waals surface area (Å²) >= 11 is 0. The average molecular weight is 393 g/mol. The van der Waals surface area contributed by atoms with Crippen molar-refractivity contribution in [2.45, 2.75) is 33.6 Å². The van der Waals surface area contributed by atoms with Gasteiger partial charge in [-0.1, -0.05) is 19.9 Å². The zero-order chi connectivity index (χ0) is 14.3. The van der Waals surface area contributed by atoms with Gasteiger partial charge in [0.2, 0.25) is 0 Å². The Morgan fingerprint density at radius 1 is 1.40 bits per heavy atom. The highest BCUT2D eigenvalue weighted by atomic mass is 127. The highest BCUT2D eigenvalue weighted by molar-refractivity contribution is 14.0. The molecule has 0 saturated heterocycles. The van der Waals surface area contributed by atoms with Crippen molar-refractivity contribution in [3.05, 3.63) is 35.1 Å². The second kappa shape index (κ2) is 9.96. The van der Waals surface area contributed by atoms with Crippen molar-refractivity contribution in [1.82, 2.24) is 5.32 Å². The Balaban J connectivity index is 0.00000361. The van der Waals surface area contributed by atoms with Crippen molar-refractivity contribution in [3.63, 3.8) is 0 Å². The molecule has 1 aromatic carbocycles. The molecule has 0 aromatic heterocycles.